The van der Waals surface area contributed by atoms with E-state index in [1.54, 1.807) is 19.1 Å². The minimum absolute atomic E-state index is 0.00253. The average Bonchev–Trinajstić information content (AvgIpc) is 2.62. The van der Waals surface area contributed by atoms with E-state index in [0.717, 1.165) is 5.56 Å². The van der Waals surface area contributed by atoms with E-state index in [4.69, 9.17) is 0 Å². The van der Waals surface area contributed by atoms with Crippen molar-refractivity contribution in [3.05, 3.63) is 40.3 Å². The van der Waals surface area contributed by atoms with E-state index >= 15 is 0 Å². The number of piperidine rings is 1. The van der Waals surface area contributed by atoms with Crippen molar-refractivity contribution in [2.24, 2.45) is 0 Å². The van der Waals surface area contributed by atoms with Crippen LogP contribution in [0.1, 0.15) is 24.8 Å². The van der Waals surface area contributed by atoms with Gasteiger partial charge in [-0.2, -0.15) is 13.2 Å². The zero-order valence-corrected chi connectivity index (χ0v) is 14.6. The minimum atomic E-state index is -4.37. The van der Waals surface area contributed by atoms with Crippen LogP contribution in [0.3, 0.4) is 0 Å². The molecule has 2 aromatic rings. The maximum absolute atomic E-state index is 13.4. The number of nitrogens with zero attached hydrogens (tertiary/aromatic N) is 2. The van der Waals surface area contributed by atoms with Gasteiger partial charge >= 0.3 is 6.18 Å². The first-order chi connectivity index (χ1) is 12.8. The maximum atomic E-state index is 13.4. The Bertz CT molecular complexity index is 895. The van der Waals surface area contributed by atoms with E-state index in [9.17, 15) is 22.8 Å². The van der Waals surface area contributed by atoms with Crippen LogP contribution < -0.4 is 15.8 Å². The van der Waals surface area contributed by atoms with Gasteiger partial charge in [-0.1, -0.05) is 0 Å². The summed E-state index contributed by atoms with van der Waals surface area (Å²) in [5.74, 6) is 0.430. The third-order valence-corrected chi connectivity index (χ3v) is 4.64. The molecule has 9 heteroatoms. The summed E-state index contributed by atoms with van der Waals surface area (Å²) in [6.45, 7) is 1.99. The third kappa shape index (κ3) is 4.12. The predicted molar refractivity (Wildman–Crippen MR) is 95.8 cm³/mol. The third-order valence-electron chi connectivity index (χ3n) is 4.64. The Morgan fingerprint density at radius 3 is 2.78 bits per heavy atom. The monoisotopic (exact) mass is 380 g/mol. The van der Waals surface area contributed by atoms with Crippen molar-refractivity contribution in [1.29, 1.82) is 0 Å². The number of hydrogen-bond acceptors (Lipinski definition) is 4. The zero-order valence-electron chi connectivity index (χ0n) is 14.6. The summed E-state index contributed by atoms with van der Waals surface area (Å²) in [6.07, 6.45) is -1.25. The van der Waals surface area contributed by atoms with Crippen molar-refractivity contribution in [3.63, 3.8) is 0 Å². The van der Waals surface area contributed by atoms with Gasteiger partial charge in [0, 0.05) is 18.8 Å². The number of H-pyrrole nitrogens is 1. The lowest BCUT2D eigenvalue weighted by Gasteiger charge is -2.38. The molecular formula is C18H19F3N4O2. The molecule has 1 aliphatic rings. The smallest absolute Gasteiger partial charge is 0.346 e. The van der Waals surface area contributed by atoms with Crippen molar-refractivity contribution in [1.82, 2.24) is 9.97 Å². The highest BCUT2D eigenvalue weighted by Gasteiger charge is 2.44. The number of aromatic amines is 1. The number of aromatic nitrogens is 2. The molecule has 2 N–H and O–H groups in total. The summed E-state index contributed by atoms with van der Waals surface area (Å²) in [6, 6.07) is 2.82. The fraction of sp³-hybridized carbons (Fsp3) is 0.389. The van der Waals surface area contributed by atoms with Gasteiger partial charge in [-0.25, -0.2) is 4.98 Å². The van der Waals surface area contributed by atoms with Crippen LogP contribution in [0.4, 0.5) is 24.8 Å². The highest BCUT2D eigenvalue weighted by Crippen LogP contribution is 2.35. The molecule has 0 saturated carbocycles. The van der Waals surface area contributed by atoms with Gasteiger partial charge in [0.1, 0.15) is 17.7 Å². The lowest BCUT2D eigenvalue weighted by molar-refractivity contribution is -0.152. The Balaban J connectivity index is 2.06. The Morgan fingerprint density at radius 2 is 2.07 bits per heavy atom. The normalized spacial score (nSPS) is 17.6. The van der Waals surface area contributed by atoms with E-state index in [-0.39, 0.29) is 18.8 Å². The summed E-state index contributed by atoms with van der Waals surface area (Å²) >= 11 is 0. The molecule has 0 radical (unpaired) electrons. The molecule has 2 aromatic heterocycles. The summed E-state index contributed by atoms with van der Waals surface area (Å²) in [7, 11) is 0. The van der Waals surface area contributed by atoms with Crippen molar-refractivity contribution in [2.45, 2.75) is 38.4 Å². The molecule has 0 aromatic carbocycles. The van der Waals surface area contributed by atoms with Crippen LogP contribution in [0.2, 0.25) is 0 Å². The fourth-order valence-corrected chi connectivity index (χ4v) is 3.37. The molecule has 3 heterocycles. The second-order valence-corrected chi connectivity index (χ2v) is 6.51. The van der Waals surface area contributed by atoms with Crippen LogP contribution in [-0.4, -0.2) is 35.1 Å². The number of anilines is 2. The fourth-order valence-electron chi connectivity index (χ4n) is 3.37. The van der Waals surface area contributed by atoms with Crippen LogP contribution in [-0.2, 0) is 4.79 Å². The van der Waals surface area contributed by atoms with Gasteiger partial charge in [-0.05, 0) is 55.0 Å². The second-order valence-electron chi connectivity index (χ2n) is 6.51. The van der Waals surface area contributed by atoms with Gasteiger partial charge in [-0.15, -0.1) is 0 Å². The summed E-state index contributed by atoms with van der Waals surface area (Å²) in [5.41, 5.74) is 1.32. The van der Waals surface area contributed by atoms with E-state index in [1.807, 2.05) is 0 Å². The molecule has 1 unspecified atom stereocenters. The number of hydrogen-bond donors (Lipinski definition) is 2. The second kappa shape index (κ2) is 7.42. The Labute approximate surface area is 153 Å². The molecule has 1 atom stereocenters. The zero-order chi connectivity index (χ0) is 19.6. The van der Waals surface area contributed by atoms with Crippen LogP contribution >= 0.6 is 0 Å². The molecule has 0 bridgehead atoms. The maximum Gasteiger partial charge on any atom is 0.408 e. The SMILES string of the molecule is Cc1cnc(NC=O)cc1-c1cc(N2CCCCC2C(F)(F)F)[nH]c(=O)c1. The van der Waals surface area contributed by atoms with Gasteiger partial charge in [0.25, 0.3) is 0 Å². The predicted octanol–water partition coefficient (Wildman–Crippen LogP) is 3.23. The number of amides is 1. The number of halogens is 3. The molecule has 1 amide bonds. The summed E-state index contributed by atoms with van der Waals surface area (Å²) in [4.78, 5) is 30.6. The van der Waals surface area contributed by atoms with E-state index in [0.29, 0.717) is 36.2 Å². The highest BCUT2D eigenvalue weighted by molar-refractivity contribution is 5.76. The molecule has 1 fully saturated rings. The first-order valence-electron chi connectivity index (χ1n) is 8.54. The van der Waals surface area contributed by atoms with E-state index in [1.165, 1.54) is 17.2 Å². The number of aryl methyl sites for hydroxylation is 1. The largest absolute Gasteiger partial charge is 0.408 e. The van der Waals surface area contributed by atoms with Crippen LogP contribution in [0.25, 0.3) is 11.1 Å². The molecule has 27 heavy (non-hydrogen) atoms. The Morgan fingerprint density at radius 1 is 1.30 bits per heavy atom. The van der Waals surface area contributed by atoms with Gasteiger partial charge in [0.05, 0.1) is 0 Å². The molecule has 1 saturated heterocycles. The highest BCUT2D eigenvalue weighted by atomic mass is 19.4. The number of pyridine rings is 2. The lowest BCUT2D eigenvalue weighted by Crippen LogP contribution is -2.49. The van der Waals surface area contributed by atoms with Crippen molar-refractivity contribution in [2.75, 3.05) is 16.8 Å². The number of carbonyl (C=O) groups is 1. The molecular weight excluding hydrogens is 361 g/mol. The standard InChI is InChI=1S/C18H19F3N4O2/c1-11-9-22-15(23-10-26)8-13(11)12-6-16(24-17(27)7-12)25-5-3-2-4-14(25)18(19,20)21/h6-10,14H,2-5H2,1H3,(H,24,27)(H,22,23,26). The Hall–Kier alpha value is -2.84. The minimum Gasteiger partial charge on any atom is -0.346 e. The topological polar surface area (TPSA) is 78.1 Å². The summed E-state index contributed by atoms with van der Waals surface area (Å²) < 4.78 is 40.3. The van der Waals surface area contributed by atoms with Crippen molar-refractivity contribution in [3.8, 4) is 11.1 Å². The molecule has 0 spiro atoms. The summed E-state index contributed by atoms with van der Waals surface area (Å²) in [5, 5.41) is 2.43. The van der Waals surface area contributed by atoms with Crippen LogP contribution in [0.5, 0.6) is 0 Å². The van der Waals surface area contributed by atoms with Gasteiger partial charge in [0.15, 0.2) is 0 Å². The van der Waals surface area contributed by atoms with Gasteiger partial charge in [0.2, 0.25) is 12.0 Å². The number of nitrogens with one attached hydrogen (secondary N) is 2. The van der Waals surface area contributed by atoms with Crippen molar-refractivity contribution >= 4 is 18.0 Å². The average molecular weight is 380 g/mol. The number of rotatable bonds is 4. The quantitative estimate of drug-likeness (QED) is 0.799. The van der Waals surface area contributed by atoms with Gasteiger partial charge < -0.3 is 15.2 Å². The molecule has 144 valence electrons. The molecule has 6 nitrogen and oxygen atoms in total. The lowest BCUT2D eigenvalue weighted by atomic mass is 10.00. The molecule has 3 rings (SSSR count). The Kier molecular flexibility index (Phi) is 5.20. The van der Waals surface area contributed by atoms with E-state index < -0.39 is 17.8 Å². The van der Waals surface area contributed by atoms with Crippen LogP contribution in [0, 0.1) is 6.92 Å². The number of alkyl halides is 3. The molecule has 1 aliphatic heterocycles. The van der Waals surface area contributed by atoms with E-state index in [2.05, 4.69) is 15.3 Å². The van der Waals surface area contributed by atoms with Crippen molar-refractivity contribution < 1.29 is 18.0 Å². The van der Waals surface area contributed by atoms with Gasteiger partial charge in [-0.3, -0.25) is 9.59 Å². The van der Waals surface area contributed by atoms with Crippen LogP contribution in [0.15, 0.2) is 29.2 Å². The number of carbonyl (C=O) groups excluding carboxylic acids is 1. The molecule has 0 aliphatic carbocycles. The first kappa shape index (κ1) is 18.9. The first-order valence-corrected chi connectivity index (χ1v) is 8.54.